The van der Waals surface area contributed by atoms with E-state index in [4.69, 9.17) is 27.6 Å². The second-order valence-corrected chi connectivity index (χ2v) is 8.94. The fourth-order valence-corrected chi connectivity index (χ4v) is 4.53. The van der Waals surface area contributed by atoms with E-state index in [1.54, 1.807) is 6.07 Å². The van der Waals surface area contributed by atoms with Crippen molar-refractivity contribution in [3.63, 3.8) is 0 Å². The number of amidine groups is 1. The van der Waals surface area contributed by atoms with Crippen LogP contribution in [0.2, 0.25) is 0 Å². The normalized spacial score (nSPS) is 17.9. The molecule has 3 rings (SSSR count). The fraction of sp³-hybridized carbons (Fsp3) is 0.458. The first-order valence-electron chi connectivity index (χ1n) is 11.1. The molecule has 1 aliphatic carbocycles. The Labute approximate surface area is 203 Å². The Balaban J connectivity index is 1.69. The van der Waals surface area contributed by atoms with Crippen molar-refractivity contribution < 1.29 is 17.9 Å². The zero-order chi connectivity index (χ0) is 25.1. The standard InChI is InChI=1S/C24H28F3N5OS/c1-4-30-17-7-10-19(11-8-17)33-13-5-12-31-22(34)32(21(29)23(31,2)3)18-9-6-16(15-28)20(14-18)24(25,26)27/h6-7,9-10,14,29-30H,4-5,8,11-13H2,1-3H3. The van der Waals surface area contributed by atoms with Crippen LogP contribution >= 0.6 is 12.2 Å². The van der Waals surface area contributed by atoms with Crippen LogP contribution in [0.25, 0.3) is 0 Å². The quantitative estimate of drug-likeness (QED) is 0.379. The minimum Gasteiger partial charge on any atom is -0.498 e. The summed E-state index contributed by atoms with van der Waals surface area (Å²) in [6, 6.07) is 4.97. The monoisotopic (exact) mass is 491 g/mol. The van der Waals surface area contributed by atoms with Gasteiger partial charge in [-0.1, -0.05) is 0 Å². The van der Waals surface area contributed by atoms with E-state index in [-0.39, 0.29) is 16.6 Å². The van der Waals surface area contributed by atoms with Crippen LogP contribution in [0.1, 0.15) is 51.2 Å². The summed E-state index contributed by atoms with van der Waals surface area (Å²) in [6.07, 6.45) is 1.66. The molecule has 34 heavy (non-hydrogen) atoms. The summed E-state index contributed by atoms with van der Waals surface area (Å²) in [6.45, 7) is 7.51. The van der Waals surface area contributed by atoms with Gasteiger partial charge in [-0.25, -0.2) is 0 Å². The van der Waals surface area contributed by atoms with Gasteiger partial charge in [0.05, 0.1) is 40.8 Å². The molecule has 10 heteroatoms. The molecule has 1 saturated heterocycles. The van der Waals surface area contributed by atoms with Crippen LogP contribution in [0, 0.1) is 16.7 Å². The summed E-state index contributed by atoms with van der Waals surface area (Å²) in [7, 11) is 0. The second-order valence-electron chi connectivity index (χ2n) is 8.57. The number of thiocarbonyl (C=S) groups is 1. The first-order chi connectivity index (χ1) is 16.0. The van der Waals surface area contributed by atoms with Crippen molar-refractivity contribution in [1.82, 2.24) is 10.2 Å². The molecular formula is C24H28F3N5OS. The van der Waals surface area contributed by atoms with Crippen molar-refractivity contribution >= 4 is 28.9 Å². The van der Waals surface area contributed by atoms with Crippen molar-refractivity contribution in [2.24, 2.45) is 0 Å². The molecule has 0 atom stereocenters. The van der Waals surface area contributed by atoms with Gasteiger partial charge in [0.2, 0.25) is 0 Å². The molecule has 1 aromatic carbocycles. The number of anilines is 1. The lowest BCUT2D eigenvalue weighted by Crippen LogP contribution is -2.44. The van der Waals surface area contributed by atoms with Crippen molar-refractivity contribution in [1.29, 1.82) is 10.7 Å². The van der Waals surface area contributed by atoms with Crippen LogP contribution < -0.4 is 10.2 Å². The summed E-state index contributed by atoms with van der Waals surface area (Å²) >= 11 is 5.58. The summed E-state index contributed by atoms with van der Waals surface area (Å²) in [5, 5.41) is 21.2. The number of hydrogen-bond acceptors (Lipinski definition) is 5. The molecule has 6 nitrogen and oxygen atoms in total. The maximum absolute atomic E-state index is 13.5. The molecule has 182 valence electrons. The molecule has 0 bridgehead atoms. The van der Waals surface area contributed by atoms with Crippen LogP contribution in [0.15, 0.2) is 41.8 Å². The van der Waals surface area contributed by atoms with Gasteiger partial charge in [0.1, 0.15) is 5.84 Å². The van der Waals surface area contributed by atoms with Gasteiger partial charge in [0.25, 0.3) is 0 Å². The third-order valence-corrected chi connectivity index (χ3v) is 6.32. The maximum atomic E-state index is 13.5. The van der Waals surface area contributed by atoms with Crippen molar-refractivity contribution in [3.05, 3.63) is 52.9 Å². The molecule has 0 aromatic heterocycles. The predicted octanol–water partition coefficient (Wildman–Crippen LogP) is 5.32. The van der Waals surface area contributed by atoms with E-state index in [0.29, 0.717) is 19.6 Å². The average Bonchev–Trinajstić information content (AvgIpc) is 2.95. The maximum Gasteiger partial charge on any atom is 0.417 e. The van der Waals surface area contributed by atoms with E-state index in [0.717, 1.165) is 37.3 Å². The minimum absolute atomic E-state index is 0.0762. The number of nitrogens with one attached hydrogen (secondary N) is 2. The molecule has 2 aliphatic rings. The Kier molecular flexibility index (Phi) is 7.56. The SMILES string of the molecule is CCNC1=CC=C(OCCCN2C(=S)N(c3ccc(C#N)c(C(F)(F)F)c3)C(=N)C2(C)C)CC1. The van der Waals surface area contributed by atoms with Gasteiger partial charge < -0.3 is 15.0 Å². The Bertz CT molecular complexity index is 1070. The molecule has 0 amide bonds. The van der Waals surface area contributed by atoms with Gasteiger partial charge in [-0.2, -0.15) is 18.4 Å². The van der Waals surface area contributed by atoms with Gasteiger partial charge in [-0.15, -0.1) is 0 Å². The Morgan fingerprint density at radius 1 is 1.26 bits per heavy atom. The van der Waals surface area contributed by atoms with Gasteiger partial charge >= 0.3 is 6.18 Å². The average molecular weight is 492 g/mol. The molecule has 2 N–H and O–H groups in total. The number of rotatable bonds is 8. The van der Waals surface area contributed by atoms with Crippen molar-refractivity contribution in [2.75, 3.05) is 24.6 Å². The molecule has 1 fully saturated rings. The Morgan fingerprint density at radius 2 is 2.00 bits per heavy atom. The lowest BCUT2D eigenvalue weighted by molar-refractivity contribution is -0.137. The van der Waals surface area contributed by atoms with Crippen LogP contribution in [0.4, 0.5) is 18.9 Å². The predicted molar refractivity (Wildman–Crippen MR) is 129 cm³/mol. The largest absolute Gasteiger partial charge is 0.498 e. The van der Waals surface area contributed by atoms with E-state index in [1.165, 1.54) is 16.7 Å². The summed E-state index contributed by atoms with van der Waals surface area (Å²) in [4.78, 5) is 3.17. The molecule has 0 radical (unpaired) electrons. The molecular weight excluding hydrogens is 463 g/mol. The first-order valence-corrected chi connectivity index (χ1v) is 11.5. The highest BCUT2D eigenvalue weighted by Crippen LogP contribution is 2.38. The third kappa shape index (κ3) is 5.20. The third-order valence-electron chi connectivity index (χ3n) is 5.92. The smallest absolute Gasteiger partial charge is 0.417 e. The van der Waals surface area contributed by atoms with E-state index < -0.39 is 22.8 Å². The summed E-state index contributed by atoms with van der Waals surface area (Å²) in [5.41, 5.74) is -1.01. The zero-order valence-electron chi connectivity index (χ0n) is 19.4. The van der Waals surface area contributed by atoms with Gasteiger partial charge in [0.15, 0.2) is 5.11 Å². The molecule has 0 spiro atoms. The highest BCUT2D eigenvalue weighted by atomic mass is 32.1. The molecule has 1 aliphatic heterocycles. The molecule has 1 heterocycles. The topological polar surface area (TPSA) is 75.4 Å². The fourth-order valence-electron chi connectivity index (χ4n) is 4.01. The number of benzene rings is 1. The van der Waals surface area contributed by atoms with Crippen LogP contribution in [0.5, 0.6) is 0 Å². The van der Waals surface area contributed by atoms with Gasteiger partial charge in [-0.05, 0) is 76.2 Å². The zero-order valence-corrected chi connectivity index (χ0v) is 20.2. The number of nitriles is 1. The van der Waals surface area contributed by atoms with E-state index in [9.17, 15) is 13.2 Å². The summed E-state index contributed by atoms with van der Waals surface area (Å²) in [5.74, 6) is 0.990. The molecule has 1 aromatic rings. The molecule has 0 saturated carbocycles. The molecule has 0 unspecified atom stereocenters. The van der Waals surface area contributed by atoms with Crippen LogP contribution in [-0.2, 0) is 10.9 Å². The lowest BCUT2D eigenvalue weighted by atomic mass is 10.0. The summed E-state index contributed by atoms with van der Waals surface area (Å²) < 4.78 is 46.2. The van der Waals surface area contributed by atoms with E-state index in [1.807, 2.05) is 30.9 Å². The number of halogens is 3. The van der Waals surface area contributed by atoms with Crippen LogP contribution in [-0.4, -0.2) is 41.1 Å². The van der Waals surface area contributed by atoms with Gasteiger partial charge in [-0.3, -0.25) is 10.3 Å². The van der Waals surface area contributed by atoms with Crippen LogP contribution in [0.3, 0.4) is 0 Å². The Morgan fingerprint density at radius 3 is 2.59 bits per heavy atom. The van der Waals surface area contributed by atoms with E-state index in [2.05, 4.69) is 12.2 Å². The number of allylic oxidation sites excluding steroid dienone is 4. The Hall–Kier alpha value is -3.06. The van der Waals surface area contributed by atoms with Gasteiger partial charge in [0, 0.05) is 25.2 Å². The van der Waals surface area contributed by atoms with Crippen molar-refractivity contribution in [3.8, 4) is 6.07 Å². The number of ether oxygens (including phenoxy) is 1. The highest BCUT2D eigenvalue weighted by Gasteiger charge is 2.46. The van der Waals surface area contributed by atoms with E-state index >= 15 is 0 Å². The highest BCUT2D eigenvalue weighted by molar-refractivity contribution is 7.80. The minimum atomic E-state index is -4.69. The number of alkyl halides is 3. The number of hydrogen-bond donors (Lipinski definition) is 2. The lowest BCUT2D eigenvalue weighted by Gasteiger charge is -2.30. The first kappa shape index (κ1) is 25.6. The number of nitrogens with zero attached hydrogens (tertiary/aromatic N) is 3. The van der Waals surface area contributed by atoms with Crippen molar-refractivity contribution in [2.45, 2.75) is 51.7 Å². The second kappa shape index (κ2) is 10.1.